The van der Waals surface area contributed by atoms with Crippen LogP contribution in [0.2, 0.25) is 0 Å². The van der Waals surface area contributed by atoms with E-state index in [1.54, 1.807) is 0 Å². The fourth-order valence-corrected chi connectivity index (χ4v) is 2.22. The van der Waals surface area contributed by atoms with E-state index in [0.29, 0.717) is 6.42 Å². The Morgan fingerprint density at radius 3 is 2.30 bits per heavy atom. The maximum Gasteiger partial charge on any atom is 0.243 e. The zero-order valence-corrected chi connectivity index (χ0v) is 13.7. The van der Waals surface area contributed by atoms with Crippen molar-refractivity contribution in [1.29, 1.82) is 0 Å². The van der Waals surface area contributed by atoms with E-state index in [1.807, 2.05) is 38.1 Å². The molecule has 20 heavy (non-hydrogen) atoms. The molecule has 0 unspecified atom stereocenters. The number of carbonyl (C=O) groups excluding carboxylic acids is 2. The topological polar surface area (TPSA) is 58.2 Å². The molecule has 2 amide bonds. The molecule has 2 N–H and O–H groups in total. The molecule has 110 valence electrons. The average molecular weight is 341 g/mol. The van der Waals surface area contributed by atoms with Crippen molar-refractivity contribution in [1.82, 2.24) is 10.6 Å². The lowest BCUT2D eigenvalue weighted by atomic mass is 10.1. The van der Waals surface area contributed by atoms with Gasteiger partial charge in [-0.25, -0.2) is 0 Å². The quantitative estimate of drug-likeness (QED) is 0.836. The molecule has 0 heterocycles. The summed E-state index contributed by atoms with van der Waals surface area (Å²) in [6.07, 6.45) is 1.48. The van der Waals surface area contributed by atoms with Crippen molar-refractivity contribution < 1.29 is 9.59 Å². The third kappa shape index (κ3) is 5.33. The van der Waals surface area contributed by atoms with Gasteiger partial charge in [0.05, 0.1) is 6.04 Å². The fourth-order valence-electron chi connectivity index (χ4n) is 1.95. The van der Waals surface area contributed by atoms with E-state index in [-0.39, 0.29) is 17.9 Å². The number of amides is 2. The lowest BCUT2D eigenvalue weighted by molar-refractivity contribution is -0.128. The monoisotopic (exact) mass is 340 g/mol. The van der Waals surface area contributed by atoms with E-state index in [2.05, 4.69) is 26.6 Å². The Bertz CT molecular complexity index is 459. The molecular formula is C15H21BrN2O2. The van der Waals surface area contributed by atoms with E-state index in [4.69, 9.17) is 0 Å². The molecule has 2 atom stereocenters. The number of benzene rings is 1. The van der Waals surface area contributed by atoms with Crippen LogP contribution < -0.4 is 10.6 Å². The van der Waals surface area contributed by atoms with Crippen LogP contribution in [0, 0.1) is 0 Å². The second-order valence-electron chi connectivity index (χ2n) is 4.82. The number of hydrogen-bond acceptors (Lipinski definition) is 2. The van der Waals surface area contributed by atoms with Crippen molar-refractivity contribution >= 4 is 27.7 Å². The number of halogens is 1. The van der Waals surface area contributed by atoms with E-state index in [9.17, 15) is 9.59 Å². The van der Waals surface area contributed by atoms with Gasteiger partial charge in [0.25, 0.3) is 0 Å². The van der Waals surface area contributed by atoms with E-state index in [1.165, 1.54) is 6.92 Å². The van der Waals surface area contributed by atoms with Crippen LogP contribution in [-0.4, -0.2) is 17.9 Å². The zero-order valence-electron chi connectivity index (χ0n) is 12.1. The Morgan fingerprint density at radius 1 is 1.20 bits per heavy atom. The summed E-state index contributed by atoms with van der Waals surface area (Å²) in [5.41, 5.74) is 1.03. The lowest BCUT2D eigenvalue weighted by Crippen LogP contribution is -2.46. The van der Waals surface area contributed by atoms with Crippen molar-refractivity contribution in [2.24, 2.45) is 0 Å². The molecule has 0 radical (unpaired) electrons. The highest BCUT2D eigenvalue weighted by Gasteiger charge is 2.20. The van der Waals surface area contributed by atoms with Gasteiger partial charge in [0.15, 0.2) is 0 Å². The van der Waals surface area contributed by atoms with Crippen molar-refractivity contribution in [3.63, 3.8) is 0 Å². The minimum Gasteiger partial charge on any atom is -0.348 e. The van der Waals surface area contributed by atoms with Crippen LogP contribution in [0.5, 0.6) is 0 Å². The van der Waals surface area contributed by atoms with Gasteiger partial charge in [0.2, 0.25) is 11.8 Å². The molecule has 1 aromatic carbocycles. The van der Waals surface area contributed by atoms with Crippen LogP contribution in [0.3, 0.4) is 0 Å². The molecule has 5 heteroatoms. The van der Waals surface area contributed by atoms with Gasteiger partial charge in [-0.15, -0.1) is 0 Å². The number of carbonyl (C=O) groups is 2. The van der Waals surface area contributed by atoms with Crippen molar-refractivity contribution in [2.45, 2.75) is 45.7 Å². The third-order valence-electron chi connectivity index (χ3n) is 3.00. The van der Waals surface area contributed by atoms with Crippen LogP contribution >= 0.6 is 15.9 Å². The lowest BCUT2D eigenvalue weighted by Gasteiger charge is -2.20. The molecule has 0 saturated carbocycles. The summed E-state index contributed by atoms with van der Waals surface area (Å²) in [7, 11) is 0. The number of rotatable bonds is 6. The minimum atomic E-state index is -0.463. The maximum atomic E-state index is 12.2. The molecule has 0 aliphatic rings. The van der Waals surface area contributed by atoms with Gasteiger partial charge in [-0.2, -0.15) is 0 Å². The van der Waals surface area contributed by atoms with Crippen molar-refractivity contribution in [3.05, 3.63) is 34.3 Å². The summed E-state index contributed by atoms with van der Waals surface area (Å²) < 4.78 is 1.00. The second kappa shape index (κ2) is 8.04. The van der Waals surface area contributed by atoms with E-state index >= 15 is 0 Å². The summed E-state index contributed by atoms with van der Waals surface area (Å²) in [5, 5.41) is 5.62. The predicted molar refractivity (Wildman–Crippen MR) is 83.2 cm³/mol. The summed E-state index contributed by atoms with van der Waals surface area (Å²) in [4.78, 5) is 23.3. The summed E-state index contributed by atoms with van der Waals surface area (Å²) in [5.74, 6) is -0.327. The van der Waals surface area contributed by atoms with Gasteiger partial charge in [0.1, 0.15) is 6.04 Å². The first-order chi connectivity index (χ1) is 9.43. The molecule has 0 bridgehead atoms. The van der Waals surface area contributed by atoms with E-state index < -0.39 is 6.04 Å². The Hall–Kier alpha value is -1.36. The minimum absolute atomic E-state index is 0.0938. The molecule has 0 aliphatic carbocycles. The first kappa shape index (κ1) is 16.7. The van der Waals surface area contributed by atoms with Crippen LogP contribution in [0.15, 0.2) is 28.7 Å². The van der Waals surface area contributed by atoms with Gasteiger partial charge >= 0.3 is 0 Å². The molecular weight excluding hydrogens is 320 g/mol. The Morgan fingerprint density at radius 2 is 1.80 bits per heavy atom. The Balaban J connectivity index is 2.66. The maximum absolute atomic E-state index is 12.2. The van der Waals surface area contributed by atoms with Crippen LogP contribution in [0.1, 0.15) is 45.2 Å². The molecule has 1 aromatic rings. The molecule has 0 aromatic heterocycles. The fraction of sp³-hybridized carbons (Fsp3) is 0.467. The van der Waals surface area contributed by atoms with Gasteiger partial charge in [0, 0.05) is 11.4 Å². The zero-order chi connectivity index (χ0) is 15.1. The first-order valence-corrected chi connectivity index (χ1v) is 7.56. The number of hydrogen-bond donors (Lipinski definition) is 2. The highest BCUT2D eigenvalue weighted by molar-refractivity contribution is 9.10. The Kier molecular flexibility index (Phi) is 6.71. The molecule has 1 rings (SSSR count). The van der Waals surface area contributed by atoms with Crippen molar-refractivity contribution in [3.8, 4) is 0 Å². The largest absolute Gasteiger partial charge is 0.348 e. The average Bonchev–Trinajstić information content (AvgIpc) is 2.38. The number of nitrogens with one attached hydrogen (secondary N) is 2. The summed E-state index contributed by atoms with van der Waals surface area (Å²) in [6, 6.07) is 7.24. The molecule has 4 nitrogen and oxygen atoms in total. The molecule has 0 aliphatic heterocycles. The summed E-state index contributed by atoms with van der Waals surface area (Å²) >= 11 is 3.38. The highest BCUT2D eigenvalue weighted by atomic mass is 79.9. The summed E-state index contributed by atoms with van der Waals surface area (Å²) in [6.45, 7) is 5.34. The van der Waals surface area contributed by atoms with E-state index in [0.717, 1.165) is 16.5 Å². The standard InChI is InChI=1S/C15H21BrN2O2/c1-4-5-14(18-11(3)19)15(20)17-10(2)12-6-8-13(16)9-7-12/h6-10,14H,4-5H2,1-3H3,(H,17,20)(H,18,19)/t10-,14+/m1/s1. The predicted octanol–water partition coefficient (Wildman–Crippen LogP) is 2.93. The third-order valence-corrected chi connectivity index (χ3v) is 3.53. The highest BCUT2D eigenvalue weighted by Crippen LogP contribution is 2.16. The normalized spacial score (nSPS) is 13.4. The van der Waals surface area contributed by atoms with Gasteiger partial charge in [-0.1, -0.05) is 41.4 Å². The van der Waals surface area contributed by atoms with Crippen LogP contribution in [-0.2, 0) is 9.59 Å². The second-order valence-corrected chi connectivity index (χ2v) is 5.74. The van der Waals surface area contributed by atoms with Crippen LogP contribution in [0.4, 0.5) is 0 Å². The van der Waals surface area contributed by atoms with Crippen LogP contribution in [0.25, 0.3) is 0 Å². The molecule has 0 saturated heterocycles. The van der Waals surface area contributed by atoms with Gasteiger partial charge < -0.3 is 10.6 Å². The van der Waals surface area contributed by atoms with Gasteiger partial charge in [-0.05, 0) is 31.0 Å². The first-order valence-electron chi connectivity index (χ1n) is 6.77. The van der Waals surface area contributed by atoms with Crippen molar-refractivity contribution in [2.75, 3.05) is 0 Å². The smallest absolute Gasteiger partial charge is 0.243 e. The van der Waals surface area contributed by atoms with Gasteiger partial charge in [-0.3, -0.25) is 9.59 Å². The SMILES string of the molecule is CCC[C@H](NC(C)=O)C(=O)N[C@H](C)c1ccc(Br)cc1. The molecule has 0 spiro atoms. The Labute approximate surface area is 128 Å². The molecule has 0 fully saturated rings.